The second kappa shape index (κ2) is 8.06. The van der Waals surface area contributed by atoms with E-state index in [2.05, 4.69) is 26.5 Å². The maximum absolute atomic E-state index is 12.6. The first-order valence-corrected chi connectivity index (χ1v) is 9.70. The van der Waals surface area contributed by atoms with Crippen molar-refractivity contribution >= 4 is 17.5 Å². The number of hydrogen-bond acceptors (Lipinski definition) is 4. The second-order valence-corrected chi connectivity index (χ2v) is 7.40. The van der Waals surface area contributed by atoms with Crippen LogP contribution in [0.3, 0.4) is 0 Å². The van der Waals surface area contributed by atoms with Crippen molar-refractivity contribution in [1.29, 1.82) is 0 Å². The largest absolute Gasteiger partial charge is 0.492 e. The third kappa shape index (κ3) is 3.89. The summed E-state index contributed by atoms with van der Waals surface area (Å²) in [7, 11) is 0. The fourth-order valence-corrected chi connectivity index (χ4v) is 3.66. The van der Waals surface area contributed by atoms with Gasteiger partial charge in [-0.05, 0) is 31.5 Å². The van der Waals surface area contributed by atoms with Gasteiger partial charge in [-0.2, -0.15) is 10.2 Å². The zero-order chi connectivity index (χ0) is 19.5. The lowest BCUT2D eigenvalue weighted by Crippen LogP contribution is -2.28. The molecule has 1 unspecified atom stereocenters. The van der Waals surface area contributed by atoms with Crippen molar-refractivity contribution in [2.75, 3.05) is 19.7 Å². The minimum Gasteiger partial charge on any atom is -0.492 e. The molecule has 3 heterocycles. The molecule has 8 heteroatoms. The monoisotopic (exact) mass is 399 g/mol. The summed E-state index contributed by atoms with van der Waals surface area (Å²) in [6, 6.07) is 9.50. The van der Waals surface area contributed by atoms with Crippen molar-refractivity contribution in [2.24, 2.45) is 0 Å². The van der Waals surface area contributed by atoms with E-state index in [-0.39, 0.29) is 11.8 Å². The smallest absolute Gasteiger partial charge is 0.257 e. The number of halogens is 1. The number of amides is 1. The summed E-state index contributed by atoms with van der Waals surface area (Å²) in [6.07, 6.45) is 3.21. The molecule has 1 fully saturated rings. The lowest BCUT2D eigenvalue weighted by atomic mass is 10.0. The normalized spacial score (nSPS) is 16.5. The quantitative estimate of drug-likeness (QED) is 0.665. The van der Waals surface area contributed by atoms with E-state index in [1.807, 2.05) is 36.1 Å². The number of carbonyl (C=O) groups is 1. The van der Waals surface area contributed by atoms with Gasteiger partial charge in [0.1, 0.15) is 5.75 Å². The average molecular weight is 400 g/mol. The number of para-hydroxylation sites is 1. The predicted molar refractivity (Wildman–Crippen MR) is 106 cm³/mol. The molecule has 1 amide bonds. The van der Waals surface area contributed by atoms with Gasteiger partial charge >= 0.3 is 0 Å². The molecule has 1 aliphatic heterocycles. The van der Waals surface area contributed by atoms with Gasteiger partial charge < -0.3 is 9.64 Å². The number of ether oxygens (including phenoxy) is 1. The van der Waals surface area contributed by atoms with Crippen LogP contribution >= 0.6 is 11.6 Å². The molecule has 28 heavy (non-hydrogen) atoms. The molecule has 0 spiro atoms. The van der Waals surface area contributed by atoms with Crippen molar-refractivity contribution in [3.05, 3.63) is 64.2 Å². The number of carbonyl (C=O) groups excluding carboxylic acids is 1. The highest BCUT2D eigenvalue weighted by Crippen LogP contribution is 2.28. The summed E-state index contributed by atoms with van der Waals surface area (Å²) in [6.45, 7) is 3.77. The molecule has 2 N–H and O–H groups in total. The Labute approximate surface area is 168 Å². The summed E-state index contributed by atoms with van der Waals surface area (Å²) < 4.78 is 5.74. The number of nitrogens with zero attached hydrogens (tertiary/aromatic N) is 3. The Hall–Kier alpha value is -2.80. The van der Waals surface area contributed by atoms with Crippen LogP contribution in [0.4, 0.5) is 0 Å². The van der Waals surface area contributed by atoms with Gasteiger partial charge in [0.2, 0.25) is 0 Å². The molecule has 0 bridgehead atoms. The number of H-pyrrole nitrogens is 2. The Balaban J connectivity index is 1.31. The molecular formula is C20H22ClN5O2. The number of rotatable bonds is 6. The van der Waals surface area contributed by atoms with E-state index in [0.717, 1.165) is 30.0 Å². The zero-order valence-corrected chi connectivity index (χ0v) is 16.4. The Morgan fingerprint density at radius 3 is 3.00 bits per heavy atom. The van der Waals surface area contributed by atoms with Gasteiger partial charge in [-0.1, -0.05) is 23.7 Å². The molecule has 1 aliphatic rings. The van der Waals surface area contributed by atoms with Crippen LogP contribution in [0.5, 0.6) is 5.75 Å². The Morgan fingerprint density at radius 1 is 1.36 bits per heavy atom. The van der Waals surface area contributed by atoms with Gasteiger partial charge in [0.25, 0.3) is 5.91 Å². The molecule has 2 aromatic heterocycles. The molecule has 0 radical (unpaired) electrons. The van der Waals surface area contributed by atoms with Crippen molar-refractivity contribution in [3.8, 4) is 5.75 Å². The molecule has 0 saturated carbocycles. The first-order valence-electron chi connectivity index (χ1n) is 9.32. The minimum atomic E-state index is 0.0256. The SMILES string of the molecule is Cc1[nH]ncc1C(=O)N1CCC(c2cc(CCOc3ccccc3Cl)[nH]n2)C1. The topological polar surface area (TPSA) is 86.9 Å². The lowest BCUT2D eigenvalue weighted by Gasteiger charge is -2.15. The summed E-state index contributed by atoms with van der Waals surface area (Å²) in [5, 5.41) is 14.9. The summed E-state index contributed by atoms with van der Waals surface area (Å²) in [5.74, 6) is 0.951. The number of benzene rings is 1. The Bertz CT molecular complexity index is 967. The minimum absolute atomic E-state index is 0.0256. The number of hydrogen-bond donors (Lipinski definition) is 2. The molecule has 1 atom stereocenters. The van der Waals surface area contributed by atoms with Gasteiger partial charge in [0.15, 0.2) is 0 Å². The van der Waals surface area contributed by atoms with Gasteiger partial charge in [-0.25, -0.2) is 0 Å². The fraction of sp³-hybridized carbons (Fsp3) is 0.350. The first-order chi connectivity index (χ1) is 13.6. The van der Waals surface area contributed by atoms with Gasteiger partial charge in [0, 0.05) is 36.8 Å². The molecule has 146 valence electrons. The number of aromatic amines is 2. The highest BCUT2D eigenvalue weighted by molar-refractivity contribution is 6.32. The number of nitrogens with one attached hydrogen (secondary N) is 2. The van der Waals surface area contributed by atoms with Crippen molar-refractivity contribution < 1.29 is 9.53 Å². The highest BCUT2D eigenvalue weighted by atomic mass is 35.5. The summed E-state index contributed by atoms with van der Waals surface area (Å²) in [4.78, 5) is 14.5. The van der Waals surface area contributed by atoms with Gasteiger partial charge in [-0.15, -0.1) is 0 Å². The van der Waals surface area contributed by atoms with Crippen LogP contribution in [0.1, 0.15) is 39.8 Å². The van der Waals surface area contributed by atoms with Crippen LogP contribution in [0.2, 0.25) is 5.02 Å². The van der Waals surface area contributed by atoms with Crippen LogP contribution < -0.4 is 4.74 Å². The fourth-order valence-electron chi connectivity index (χ4n) is 3.47. The standard InChI is InChI=1S/C20H22ClN5O2/c1-13-16(11-22-23-13)20(27)26-8-6-14(12-26)18-10-15(24-25-18)7-9-28-19-5-3-2-4-17(19)21/h2-5,10-11,14H,6-9,12H2,1H3,(H,22,23)(H,24,25). The number of aromatic nitrogens is 4. The third-order valence-corrected chi connectivity index (χ3v) is 5.38. The van der Waals surface area contributed by atoms with Crippen LogP contribution in [-0.4, -0.2) is 50.9 Å². The zero-order valence-electron chi connectivity index (χ0n) is 15.6. The van der Waals surface area contributed by atoms with Crippen LogP contribution in [-0.2, 0) is 6.42 Å². The maximum atomic E-state index is 12.6. The molecule has 0 aliphatic carbocycles. The van der Waals surface area contributed by atoms with Crippen molar-refractivity contribution in [3.63, 3.8) is 0 Å². The van der Waals surface area contributed by atoms with E-state index in [1.54, 1.807) is 6.20 Å². The summed E-state index contributed by atoms with van der Waals surface area (Å²) >= 11 is 6.10. The van der Waals surface area contributed by atoms with Gasteiger partial charge in [-0.3, -0.25) is 15.0 Å². The third-order valence-electron chi connectivity index (χ3n) is 5.07. The highest BCUT2D eigenvalue weighted by Gasteiger charge is 2.30. The van der Waals surface area contributed by atoms with E-state index >= 15 is 0 Å². The Kier molecular flexibility index (Phi) is 5.34. The van der Waals surface area contributed by atoms with E-state index in [0.29, 0.717) is 35.9 Å². The van der Waals surface area contributed by atoms with Crippen LogP contribution in [0.25, 0.3) is 0 Å². The Morgan fingerprint density at radius 2 is 2.21 bits per heavy atom. The number of likely N-dealkylation sites (tertiary alicyclic amines) is 1. The molecule has 1 aromatic carbocycles. The lowest BCUT2D eigenvalue weighted by molar-refractivity contribution is 0.0790. The molecular weight excluding hydrogens is 378 g/mol. The van der Waals surface area contributed by atoms with E-state index < -0.39 is 0 Å². The van der Waals surface area contributed by atoms with Gasteiger partial charge in [0.05, 0.1) is 29.1 Å². The first kappa shape index (κ1) is 18.6. The molecule has 7 nitrogen and oxygen atoms in total. The number of aryl methyl sites for hydroxylation is 1. The van der Waals surface area contributed by atoms with E-state index in [1.165, 1.54) is 0 Å². The summed E-state index contributed by atoms with van der Waals surface area (Å²) in [5.41, 5.74) is 3.44. The van der Waals surface area contributed by atoms with Crippen molar-refractivity contribution in [2.45, 2.75) is 25.7 Å². The second-order valence-electron chi connectivity index (χ2n) is 6.99. The predicted octanol–water partition coefficient (Wildman–Crippen LogP) is 3.35. The van der Waals surface area contributed by atoms with Crippen molar-refractivity contribution in [1.82, 2.24) is 25.3 Å². The molecule has 3 aromatic rings. The maximum Gasteiger partial charge on any atom is 0.257 e. The van der Waals surface area contributed by atoms with E-state index in [9.17, 15) is 4.79 Å². The average Bonchev–Trinajstić information content (AvgIpc) is 3.43. The van der Waals surface area contributed by atoms with Crippen LogP contribution in [0, 0.1) is 6.92 Å². The molecule has 4 rings (SSSR count). The van der Waals surface area contributed by atoms with E-state index in [4.69, 9.17) is 16.3 Å². The van der Waals surface area contributed by atoms with Crippen LogP contribution in [0.15, 0.2) is 36.5 Å². The molecule has 1 saturated heterocycles.